The second kappa shape index (κ2) is 9.39. The number of aryl methyl sites for hydroxylation is 1. The summed E-state index contributed by atoms with van der Waals surface area (Å²) >= 11 is 6.00. The Balaban J connectivity index is 1.56. The molecule has 5 rings (SSSR count). The van der Waals surface area contributed by atoms with Gasteiger partial charge in [-0.15, -0.1) is 0 Å². The third kappa shape index (κ3) is 4.81. The van der Waals surface area contributed by atoms with Gasteiger partial charge in [0.25, 0.3) is 0 Å². The van der Waals surface area contributed by atoms with Gasteiger partial charge in [-0.05, 0) is 69.9 Å². The number of hydrogen-bond donors (Lipinski definition) is 1. The minimum atomic E-state index is -0.429. The van der Waals surface area contributed by atoms with E-state index in [9.17, 15) is 4.39 Å². The van der Waals surface area contributed by atoms with E-state index in [1.807, 2.05) is 32.2 Å². The fourth-order valence-corrected chi connectivity index (χ4v) is 4.57. The Labute approximate surface area is 203 Å². The van der Waals surface area contributed by atoms with Crippen LogP contribution in [0.25, 0.3) is 22.3 Å². The second-order valence-electron chi connectivity index (χ2n) is 9.16. The fourth-order valence-electron chi connectivity index (χ4n) is 4.41. The van der Waals surface area contributed by atoms with E-state index in [0.29, 0.717) is 45.6 Å². The molecule has 2 N–H and O–H groups in total. The molecule has 2 aliphatic rings. The van der Waals surface area contributed by atoms with Crippen LogP contribution in [0, 0.1) is 12.7 Å². The molecule has 2 aromatic heterocycles. The van der Waals surface area contributed by atoms with Gasteiger partial charge in [-0.1, -0.05) is 11.6 Å². The van der Waals surface area contributed by atoms with Crippen LogP contribution in [-0.2, 0) is 4.74 Å². The molecule has 1 aromatic carbocycles. The molecular weight excluding hydrogens is 453 g/mol. The van der Waals surface area contributed by atoms with E-state index in [2.05, 4.69) is 9.98 Å². The number of pyridine rings is 1. The summed E-state index contributed by atoms with van der Waals surface area (Å²) in [5, 5.41) is 1.04. The van der Waals surface area contributed by atoms with Crippen LogP contribution in [0.5, 0.6) is 0 Å². The number of nitrogens with two attached hydrogens (primary N) is 1. The molecule has 8 heteroatoms. The molecule has 3 atom stereocenters. The van der Waals surface area contributed by atoms with Crippen molar-refractivity contribution in [1.29, 1.82) is 0 Å². The Kier molecular flexibility index (Phi) is 6.32. The first kappa shape index (κ1) is 22.9. The van der Waals surface area contributed by atoms with E-state index >= 15 is 0 Å². The van der Waals surface area contributed by atoms with Gasteiger partial charge in [-0.3, -0.25) is 4.99 Å². The standard InChI is InChI=1S/C26H27ClFN5O/c1-14-3-7-21-24(20-8-4-18(27)11-22(20)28)32-25(33-26(21)31-14)16-9-15(2)34-23(10-16)17(12-29)13-30-19-5-6-19/h3-4,7-8,11-13,15-16,19,23H,5-6,9-10,29H2,1-2H3/b17-12+,30-13?/t15-,16-,23-/m1/s1. The van der Waals surface area contributed by atoms with E-state index in [0.717, 1.165) is 30.5 Å². The van der Waals surface area contributed by atoms with Crippen LogP contribution in [0.2, 0.25) is 5.02 Å². The highest BCUT2D eigenvalue weighted by molar-refractivity contribution is 6.30. The summed E-state index contributed by atoms with van der Waals surface area (Å²) < 4.78 is 21.1. The first-order valence-corrected chi connectivity index (χ1v) is 12.0. The Morgan fingerprint density at radius 2 is 2.00 bits per heavy atom. The van der Waals surface area contributed by atoms with Gasteiger partial charge in [0.2, 0.25) is 0 Å². The summed E-state index contributed by atoms with van der Waals surface area (Å²) in [6.45, 7) is 3.95. The smallest absolute Gasteiger partial charge is 0.163 e. The summed E-state index contributed by atoms with van der Waals surface area (Å²) in [6, 6.07) is 8.80. The number of benzene rings is 1. The number of ether oxygens (including phenoxy) is 1. The van der Waals surface area contributed by atoms with Crippen LogP contribution in [0.4, 0.5) is 4.39 Å². The van der Waals surface area contributed by atoms with Gasteiger partial charge in [0, 0.05) is 45.6 Å². The zero-order valence-electron chi connectivity index (χ0n) is 19.2. The highest BCUT2D eigenvalue weighted by atomic mass is 35.5. The van der Waals surface area contributed by atoms with E-state index in [1.165, 1.54) is 6.07 Å². The summed E-state index contributed by atoms with van der Waals surface area (Å²) in [7, 11) is 0. The molecule has 2 fully saturated rings. The predicted octanol–water partition coefficient (Wildman–Crippen LogP) is 5.52. The number of rotatable bonds is 5. The topological polar surface area (TPSA) is 86.3 Å². The third-order valence-corrected chi connectivity index (χ3v) is 6.56. The van der Waals surface area contributed by atoms with Gasteiger partial charge in [-0.25, -0.2) is 19.3 Å². The van der Waals surface area contributed by atoms with Crippen LogP contribution in [0.15, 0.2) is 47.1 Å². The zero-order valence-corrected chi connectivity index (χ0v) is 20.0. The minimum Gasteiger partial charge on any atom is -0.404 e. The molecule has 0 spiro atoms. The van der Waals surface area contributed by atoms with Crippen LogP contribution in [0.1, 0.15) is 50.0 Å². The van der Waals surface area contributed by atoms with Crippen molar-refractivity contribution in [3.63, 3.8) is 0 Å². The van der Waals surface area contributed by atoms with Gasteiger partial charge in [0.05, 0.1) is 23.9 Å². The van der Waals surface area contributed by atoms with Crippen molar-refractivity contribution in [2.24, 2.45) is 10.7 Å². The molecule has 1 saturated carbocycles. The molecule has 0 bridgehead atoms. The Bertz CT molecular complexity index is 1290. The highest BCUT2D eigenvalue weighted by Crippen LogP contribution is 2.37. The maximum absolute atomic E-state index is 14.9. The molecule has 0 radical (unpaired) electrons. The van der Waals surface area contributed by atoms with Crippen molar-refractivity contribution in [2.45, 2.75) is 63.7 Å². The van der Waals surface area contributed by atoms with Gasteiger partial charge >= 0.3 is 0 Å². The van der Waals surface area contributed by atoms with Crippen molar-refractivity contribution in [2.75, 3.05) is 0 Å². The van der Waals surface area contributed by atoms with E-state index in [-0.39, 0.29) is 18.1 Å². The van der Waals surface area contributed by atoms with Crippen LogP contribution >= 0.6 is 11.6 Å². The van der Waals surface area contributed by atoms with Crippen molar-refractivity contribution in [1.82, 2.24) is 15.0 Å². The predicted molar refractivity (Wildman–Crippen MR) is 133 cm³/mol. The first-order chi connectivity index (χ1) is 16.4. The lowest BCUT2D eigenvalue weighted by atomic mass is 9.88. The Hall–Kier alpha value is -2.90. The summed E-state index contributed by atoms with van der Waals surface area (Å²) in [4.78, 5) is 18.9. The van der Waals surface area contributed by atoms with Crippen LogP contribution in [-0.4, -0.2) is 39.4 Å². The number of aromatic nitrogens is 3. The average molecular weight is 480 g/mol. The fraction of sp³-hybridized carbons (Fsp3) is 0.385. The summed E-state index contributed by atoms with van der Waals surface area (Å²) in [5.74, 6) is 0.200. The number of fused-ring (bicyclic) bond motifs is 1. The molecule has 3 heterocycles. The van der Waals surface area contributed by atoms with Crippen LogP contribution < -0.4 is 5.73 Å². The monoisotopic (exact) mass is 479 g/mol. The van der Waals surface area contributed by atoms with Gasteiger partial charge in [0.1, 0.15) is 11.6 Å². The number of halogens is 2. The lowest BCUT2D eigenvalue weighted by Crippen LogP contribution is -2.33. The van der Waals surface area contributed by atoms with Gasteiger partial charge in [-0.2, -0.15) is 0 Å². The molecule has 6 nitrogen and oxygen atoms in total. The highest BCUT2D eigenvalue weighted by Gasteiger charge is 2.33. The quantitative estimate of drug-likeness (QED) is 0.487. The van der Waals surface area contributed by atoms with Crippen molar-refractivity contribution < 1.29 is 9.13 Å². The van der Waals surface area contributed by atoms with Gasteiger partial charge in [0.15, 0.2) is 5.65 Å². The maximum Gasteiger partial charge on any atom is 0.163 e. The van der Waals surface area contributed by atoms with Crippen molar-refractivity contribution in [3.05, 3.63) is 64.5 Å². The average Bonchev–Trinajstić information content (AvgIpc) is 3.63. The van der Waals surface area contributed by atoms with E-state index < -0.39 is 5.82 Å². The second-order valence-corrected chi connectivity index (χ2v) is 9.59. The largest absolute Gasteiger partial charge is 0.404 e. The normalized spacial score (nSPS) is 23.6. The molecule has 1 aliphatic heterocycles. The van der Waals surface area contributed by atoms with E-state index in [1.54, 1.807) is 18.3 Å². The molecule has 1 saturated heterocycles. The lowest BCUT2D eigenvalue weighted by Gasteiger charge is -2.33. The number of aliphatic imine (C=N–C) groups is 1. The molecule has 3 aromatic rings. The molecule has 34 heavy (non-hydrogen) atoms. The SMILES string of the molecule is Cc1ccc2c(-c3ccc(Cl)cc3F)nc([C@@H]3C[C@@H](C)O[C@@H](/C(C=NC4CC4)=C/N)C3)nc2n1. The van der Waals surface area contributed by atoms with Crippen LogP contribution in [0.3, 0.4) is 0 Å². The lowest BCUT2D eigenvalue weighted by molar-refractivity contribution is -0.0272. The Morgan fingerprint density at radius 3 is 2.74 bits per heavy atom. The first-order valence-electron chi connectivity index (χ1n) is 11.6. The molecule has 176 valence electrons. The number of hydrogen-bond acceptors (Lipinski definition) is 6. The number of nitrogens with zero attached hydrogens (tertiary/aromatic N) is 4. The van der Waals surface area contributed by atoms with Crippen molar-refractivity contribution in [3.8, 4) is 11.3 Å². The summed E-state index contributed by atoms with van der Waals surface area (Å²) in [5.41, 5.74) is 9.07. The molecular formula is C26H27ClFN5O. The zero-order chi connectivity index (χ0) is 23.8. The molecule has 1 aliphatic carbocycles. The minimum absolute atomic E-state index is 0.00107. The van der Waals surface area contributed by atoms with E-state index in [4.69, 9.17) is 32.0 Å². The third-order valence-electron chi connectivity index (χ3n) is 6.32. The van der Waals surface area contributed by atoms with Crippen molar-refractivity contribution >= 4 is 28.8 Å². The maximum atomic E-state index is 14.9. The Morgan fingerprint density at radius 1 is 1.18 bits per heavy atom. The molecule has 0 unspecified atom stereocenters. The summed E-state index contributed by atoms with van der Waals surface area (Å²) in [6.07, 6.45) is 6.85. The van der Waals surface area contributed by atoms with Gasteiger partial charge < -0.3 is 10.5 Å². The molecule has 0 amide bonds.